The van der Waals surface area contributed by atoms with Crippen LogP contribution >= 0.6 is 34.8 Å². The lowest BCUT2D eigenvalue weighted by atomic mass is 10.2. The van der Waals surface area contributed by atoms with Gasteiger partial charge in [0.25, 0.3) is 0 Å². The van der Waals surface area contributed by atoms with E-state index in [9.17, 15) is 5.11 Å². The number of halogens is 4. The first-order valence-corrected chi connectivity index (χ1v) is 9.19. The molecule has 4 nitrogen and oxygen atoms in total. The summed E-state index contributed by atoms with van der Waals surface area (Å²) in [4.78, 5) is 0. The van der Waals surface area contributed by atoms with Gasteiger partial charge >= 0.3 is 0 Å². The number of hydrogen-bond acceptors (Lipinski definition) is 2. The Labute approximate surface area is 179 Å². The maximum absolute atomic E-state index is 10.2. The number of aliphatic hydroxyl groups is 1. The van der Waals surface area contributed by atoms with Crippen molar-refractivity contribution in [2.24, 2.45) is 0 Å². The molecule has 1 N–H and O–H groups in total. The Bertz CT molecular complexity index is 886. The summed E-state index contributed by atoms with van der Waals surface area (Å²) in [5.74, 6) is 0.497. The van der Waals surface area contributed by atoms with Crippen LogP contribution in [0.15, 0.2) is 61.2 Å². The third-order valence-electron chi connectivity index (χ3n) is 3.80. The molecule has 3 aromatic rings. The fourth-order valence-electron chi connectivity index (χ4n) is 2.54. The zero-order valence-corrected chi connectivity index (χ0v) is 17.3. The van der Waals surface area contributed by atoms with E-state index in [2.05, 4.69) is 0 Å². The van der Waals surface area contributed by atoms with Gasteiger partial charge in [0.15, 0.2) is 0 Å². The van der Waals surface area contributed by atoms with Gasteiger partial charge in [0.1, 0.15) is 43.9 Å². The van der Waals surface area contributed by atoms with Gasteiger partial charge < -0.3 is 22.3 Å². The molecule has 2 aromatic carbocycles. The molecule has 8 heteroatoms. The summed E-state index contributed by atoms with van der Waals surface area (Å²) in [7, 11) is 0. The highest BCUT2D eigenvalue weighted by Gasteiger charge is 2.13. The van der Waals surface area contributed by atoms with Gasteiger partial charge in [0.2, 0.25) is 6.33 Å². The van der Waals surface area contributed by atoms with E-state index < -0.39 is 6.10 Å². The number of aliphatic hydroxyl groups excluding tert-OH is 1. The average molecular weight is 448 g/mol. The molecule has 0 saturated carbocycles. The smallest absolute Gasteiger partial charge is 0.244 e. The van der Waals surface area contributed by atoms with Gasteiger partial charge in [-0.2, -0.15) is 0 Å². The summed E-state index contributed by atoms with van der Waals surface area (Å²) in [6.45, 7) is 1.20. The first-order chi connectivity index (χ1) is 12.5. The van der Waals surface area contributed by atoms with Crippen LogP contribution in [0.3, 0.4) is 0 Å². The van der Waals surface area contributed by atoms with Crippen LogP contribution in [-0.2, 0) is 13.1 Å². The number of benzene rings is 2. The van der Waals surface area contributed by atoms with Crippen LogP contribution < -0.4 is 21.7 Å². The zero-order chi connectivity index (χ0) is 18.5. The molecule has 1 heterocycles. The van der Waals surface area contributed by atoms with E-state index in [0.717, 1.165) is 10.6 Å². The largest absolute Gasteiger partial charge is 1.00 e. The summed E-state index contributed by atoms with van der Waals surface area (Å²) in [6, 6.07) is 12.7. The van der Waals surface area contributed by atoms with Gasteiger partial charge in [0.05, 0.1) is 5.02 Å². The lowest BCUT2D eigenvalue weighted by molar-refractivity contribution is -0.687. The predicted molar refractivity (Wildman–Crippen MR) is 103 cm³/mol. The first kappa shape index (κ1) is 21.9. The Kier molecular flexibility index (Phi) is 8.27. The van der Waals surface area contributed by atoms with E-state index in [1.807, 2.05) is 52.1 Å². The topological polar surface area (TPSA) is 38.3 Å². The first-order valence-electron chi connectivity index (χ1n) is 8.05. The van der Waals surface area contributed by atoms with Gasteiger partial charge in [-0.3, -0.25) is 0 Å². The van der Waals surface area contributed by atoms with Gasteiger partial charge in [0, 0.05) is 15.6 Å². The van der Waals surface area contributed by atoms with Crippen molar-refractivity contribution in [1.29, 1.82) is 0 Å². The van der Waals surface area contributed by atoms with Crippen molar-refractivity contribution in [2.75, 3.05) is 6.61 Å². The molecule has 3 rings (SSSR count). The highest BCUT2D eigenvalue weighted by molar-refractivity contribution is 6.35. The minimum Gasteiger partial charge on any atom is -1.00 e. The summed E-state index contributed by atoms with van der Waals surface area (Å²) < 4.78 is 9.47. The fourth-order valence-corrected chi connectivity index (χ4v) is 3.20. The van der Waals surface area contributed by atoms with Gasteiger partial charge in [-0.05, 0) is 24.3 Å². The molecular formula is C19H18Cl4N2O2. The third-order valence-corrected chi connectivity index (χ3v) is 4.70. The lowest BCUT2D eigenvalue weighted by Gasteiger charge is -2.12. The van der Waals surface area contributed by atoms with Crippen LogP contribution in [0.5, 0.6) is 5.75 Å². The van der Waals surface area contributed by atoms with Crippen molar-refractivity contribution >= 4 is 34.8 Å². The second kappa shape index (κ2) is 10.2. The summed E-state index contributed by atoms with van der Waals surface area (Å²) >= 11 is 18.1. The monoisotopic (exact) mass is 446 g/mol. The molecular weight excluding hydrogens is 430 g/mol. The van der Waals surface area contributed by atoms with Crippen LogP contribution in [0.25, 0.3) is 0 Å². The van der Waals surface area contributed by atoms with Crippen LogP contribution in [-0.4, -0.2) is 22.4 Å². The Morgan fingerprint density at radius 1 is 1.07 bits per heavy atom. The molecule has 0 bridgehead atoms. The number of imidazole rings is 1. The van der Waals surface area contributed by atoms with Gasteiger partial charge in [-0.1, -0.05) is 53.0 Å². The Morgan fingerprint density at radius 3 is 2.59 bits per heavy atom. The molecule has 0 radical (unpaired) electrons. The summed E-state index contributed by atoms with van der Waals surface area (Å²) in [6.07, 6.45) is 5.08. The minimum absolute atomic E-state index is 0. The molecule has 0 amide bonds. The van der Waals surface area contributed by atoms with Crippen molar-refractivity contribution in [1.82, 2.24) is 4.57 Å². The van der Waals surface area contributed by atoms with E-state index >= 15 is 0 Å². The molecule has 27 heavy (non-hydrogen) atoms. The molecule has 0 aliphatic rings. The highest BCUT2D eigenvalue weighted by Crippen LogP contribution is 2.27. The molecule has 0 saturated heterocycles. The van der Waals surface area contributed by atoms with Crippen molar-refractivity contribution in [3.05, 3.63) is 81.8 Å². The van der Waals surface area contributed by atoms with Gasteiger partial charge in [-0.15, -0.1) is 0 Å². The number of hydrogen-bond donors (Lipinski definition) is 1. The third kappa shape index (κ3) is 6.30. The molecule has 0 spiro atoms. The van der Waals surface area contributed by atoms with Crippen molar-refractivity contribution in [3.63, 3.8) is 0 Å². The molecule has 0 aliphatic carbocycles. The maximum atomic E-state index is 10.2. The van der Waals surface area contributed by atoms with Crippen molar-refractivity contribution in [3.8, 4) is 5.75 Å². The van der Waals surface area contributed by atoms with Gasteiger partial charge in [-0.25, -0.2) is 9.13 Å². The average Bonchev–Trinajstić information content (AvgIpc) is 3.03. The predicted octanol–water partition coefficient (Wildman–Crippen LogP) is 1.23. The Balaban J connectivity index is 0.00000261. The van der Waals surface area contributed by atoms with Crippen LogP contribution in [0.2, 0.25) is 15.1 Å². The molecule has 0 aliphatic heterocycles. The quantitative estimate of drug-likeness (QED) is 0.553. The standard InChI is InChI=1S/C19H18Cl3N2O2.ClH/c20-15-5-6-19(18(22)9-15)26-12-16(25)11-24-8-7-23(13-24)10-14-3-1-2-4-17(14)21;/h1-9,13,16,25H,10-12H2;1H/q+1;/p-1. The number of aromatic nitrogens is 2. The maximum Gasteiger partial charge on any atom is 0.244 e. The summed E-state index contributed by atoms with van der Waals surface area (Å²) in [5.41, 5.74) is 1.04. The number of nitrogens with zero attached hydrogens (tertiary/aromatic N) is 2. The fraction of sp³-hybridized carbons (Fsp3) is 0.211. The molecule has 1 aromatic heterocycles. The van der Waals surface area contributed by atoms with E-state index in [4.69, 9.17) is 39.5 Å². The molecule has 0 fully saturated rings. The second-order valence-corrected chi connectivity index (χ2v) is 7.16. The number of ether oxygens (including phenoxy) is 1. The molecule has 1 atom stereocenters. The highest BCUT2D eigenvalue weighted by atomic mass is 35.5. The SMILES string of the molecule is OC(COc1ccc(Cl)cc1Cl)Cn1cc[n+](Cc2ccccc2Cl)c1.[Cl-]. The van der Waals surface area contributed by atoms with E-state index in [-0.39, 0.29) is 19.0 Å². The van der Waals surface area contributed by atoms with Crippen LogP contribution in [0.1, 0.15) is 5.56 Å². The second-order valence-electron chi connectivity index (χ2n) is 5.91. The van der Waals surface area contributed by atoms with Crippen LogP contribution in [0, 0.1) is 0 Å². The lowest BCUT2D eigenvalue weighted by Crippen LogP contribution is -3.00. The van der Waals surface area contributed by atoms with Crippen molar-refractivity contribution in [2.45, 2.75) is 19.2 Å². The van der Waals surface area contributed by atoms with E-state index in [1.165, 1.54) is 0 Å². The van der Waals surface area contributed by atoms with Crippen LogP contribution in [0.4, 0.5) is 0 Å². The van der Waals surface area contributed by atoms with E-state index in [1.54, 1.807) is 18.2 Å². The number of rotatable bonds is 7. The molecule has 1 unspecified atom stereocenters. The Morgan fingerprint density at radius 2 is 1.85 bits per heavy atom. The Hall–Kier alpha value is -1.43. The molecule has 144 valence electrons. The summed E-state index contributed by atoms with van der Waals surface area (Å²) in [5, 5.41) is 11.9. The van der Waals surface area contributed by atoms with Crippen molar-refractivity contribution < 1.29 is 26.8 Å². The zero-order valence-electron chi connectivity index (χ0n) is 14.2. The van der Waals surface area contributed by atoms with E-state index in [0.29, 0.717) is 28.9 Å². The normalized spacial score (nSPS) is 11.7. The minimum atomic E-state index is -0.678.